The van der Waals surface area contributed by atoms with E-state index in [1.54, 1.807) is 35.9 Å². The number of ketones is 2. The van der Waals surface area contributed by atoms with Crippen molar-refractivity contribution in [2.45, 2.75) is 6.18 Å². The van der Waals surface area contributed by atoms with Gasteiger partial charge in [-0.25, -0.2) is 0 Å². The van der Waals surface area contributed by atoms with Gasteiger partial charge in [0.15, 0.2) is 17.1 Å². The van der Waals surface area contributed by atoms with Crippen molar-refractivity contribution in [1.82, 2.24) is 4.57 Å². The number of allylic oxidation sites excluding steroid dienone is 1. The zero-order chi connectivity index (χ0) is 24.5. The number of benzene rings is 3. The van der Waals surface area contributed by atoms with Gasteiger partial charge < -0.3 is 8.98 Å². The van der Waals surface area contributed by atoms with Crippen LogP contribution in [0.5, 0.6) is 0 Å². The lowest BCUT2D eigenvalue weighted by Crippen LogP contribution is -2.04. The van der Waals surface area contributed by atoms with Gasteiger partial charge in [0.25, 0.3) is 0 Å². The summed E-state index contributed by atoms with van der Waals surface area (Å²) in [5.41, 5.74) is 2.55. The largest absolute Gasteiger partial charge is 0.455 e. The average Bonchev–Trinajstić information content (AvgIpc) is 3.45. The predicted molar refractivity (Wildman–Crippen MR) is 126 cm³/mol. The maximum Gasteiger partial charge on any atom is 0.416 e. The Morgan fingerprint density at radius 2 is 1.43 bits per heavy atom. The van der Waals surface area contributed by atoms with E-state index in [2.05, 4.69) is 0 Å². The molecule has 5 aromatic rings. The predicted octanol–water partition coefficient (Wildman–Crippen LogP) is 7.07. The highest BCUT2D eigenvalue weighted by atomic mass is 19.4. The van der Waals surface area contributed by atoms with Gasteiger partial charge in [-0.05, 0) is 46.7 Å². The summed E-state index contributed by atoms with van der Waals surface area (Å²) in [7, 11) is 1.77. The second-order valence-electron chi connectivity index (χ2n) is 8.52. The van der Waals surface area contributed by atoms with Gasteiger partial charge in [0.2, 0.25) is 0 Å². The fourth-order valence-corrected chi connectivity index (χ4v) is 4.59. The molecule has 0 saturated carbocycles. The number of fused-ring (bicyclic) bond motifs is 3. The molecule has 172 valence electrons. The van der Waals surface area contributed by atoms with Crippen molar-refractivity contribution in [1.29, 1.82) is 0 Å². The lowest BCUT2D eigenvalue weighted by molar-refractivity contribution is -0.137. The Morgan fingerprint density at radius 3 is 1.97 bits per heavy atom. The van der Waals surface area contributed by atoms with Crippen LogP contribution in [0, 0.1) is 0 Å². The van der Waals surface area contributed by atoms with Crippen LogP contribution in [0.4, 0.5) is 13.2 Å². The van der Waals surface area contributed by atoms with E-state index in [0.717, 1.165) is 22.9 Å². The first kappa shape index (κ1) is 21.2. The van der Waals surface area contributed by atoms with Crippen LogP contribution in [-0.2, 0) is 13.2 Å². The molecule has 1 aliphatic rings. The number of halogens is 3. The normalized spacial score (nSPS) is 13.8. The van der Waals surface area contributed by atoms with Crippen molar-refractivity contribution in [3.05, 3.63) is 101 Å². The molecule has 0 N–H and O–H groups in total. The Balaban J connectivity index is 1.36. The molecule has 35 heavy (non-hydrogen) atoms. The first-order valence-electron chi connectivity index (χ1n) is 10.8. The Labute approximate surface area is 196 Å². The van der Waals surface area contributed by atoms with Crippen LogP contribution in [0.15, 0.2) is 82.8 Å². The number of carbonyl (C=O) groups is 2. The third kappa shape index (κ3) is 3.31. The minimum atomic E-state index is -4.40. The Kier molecular flexibility index (Phi) is 4.42. The molecule has 3 aromatic carbocycles. The van der Waals surface area contributed by atoms with Crippen molar-refractivity contribution in [3.8, 4) is 11.3 Å². The summed E-state index contributed by atoms with van der Waals surface area (Å²) in [6, 6.07) is 19.3. The van der Waals surface area contributed by atoms with Gasteiger partial charge in [0, 0.05) is 30.3 Å². The third-order valence-corrected chi connectivity index (χ3v) is 6.41. The van der Waals surface area contributed by atoms with E-state index in [0.29, 0.717) is 39.2 Å². The number of alkyl halides is 3. The maximum atomic E-state index is 13.0. The smallest absolute Gasteiger partial charge is 0.416 e. The summed E-state index contributed by atoms with van der Waals surface area (Å²) in [5, 5.41) is 1.77. The Bertz CT molecular complexity index is 1660. The number of hydrogen-bond acceptors (Lipinski definition) is 3. The number of carbonyl (C=O) groups excluding carboxylic acids is 2. The first-order valence-corrected chi connectivity index (χ1v) is 10.8. The molecule has 6 rings (SSSR count). The SMILES string of the molecule is Cn1c(-c2ccc(C(F)(F)F)cc2)cc2oc(C=C3C(=O)c4cc5ccccc5cc4C3=O)cc21. The van der Waals surface area contributed by atoms with Crippen molar-refractivity contribution in [3.63, 3.8) is 0 Å². The van der Waals surface area contributed by atoms with Crippen LogP contribution >= 0.6 is 0 Å². The molecule has 0 radical (unpaired) electrons. The van der Waals surface area contributed by atoms with Crippen LogP contribution < -0.4 is 0 Å². The summed E-state index contributed by atoms with van der Waals surface area (Å²) in [4.78, 5) is 26.0. The molecule has 2 heterocycles. The molecular formula is C28H16F3NO3. The van der Waals surface area contributed by atoms with Crippen molar-refractivity contribution in [2.75, 3.05) is 0 Å². The number of Topliss-reactive ketones (excluding diaryl/α,β-unsaturated/α-hetero) is 2. The highest BCUT2D eigenvalue weighted by Gasteiger charge is 2.34. The molecule has 0 spiro atoms. The Morgan fingerprint density at radius 1 is 0.829 bits per heavy atom. The summed E-state index contributed by atoms with van der Waals surface area (Å²) < 4.78 is 46.3. The second kappa shape index (κ2) is 7.30. The lowest BCUT2D eigenvalue weighted by atomic mass is 10.0. The molecule has 1 aliphatic carbocycles. The molecular weight excluding hydrogens is 455 g/mol. The van der Waals surface area contributed by atoms with Gasteiger partial charge >= 0.3 is 6.18 Å². The van der Waals surface area contributed by atoms with E-state index < -0.39 is 11.7 Å². The van der Waals surface area contributed by atoms with Gasteiger partial charge in [-0.15, -0.1) is 0 Å². The topological polar surface area (TPSA) is 52.2 Å². The number of furan rings is 1. The number of rotatable bonds is 2. The Hall–Kier alpha value is -4.39. The molecule has 0 atom stereocenters. The molecule has 4 nitrogen and oxygen atoms in total. The molecule has 0 unspecified atom stereocenters. The van der Waals surface area contributed by atoms with Crippen molar-refractivity contribution in [2.24, 2.45) is 7.05 Å². The van der Waals surface area contributed by atoms with Crippen LogP contribution in [0.2, 0.25) is 0 Å². The van der Waals surface area contributed by atoms with Crippen molar-refractivity contribution < 1.29 is 27.2 Å². The fraction of sp³-hybridized carbons (Fsp3) is 0.0714. The van der Waals surface area contributed by atoms with E-state index >= 15 is 0 Å². The minimum absolute atomic E-state index is 0.0392. The van der Waals surface area contributed by atoms with Gasteiger partial charge in [-0.1, -0.05) is 36.4 Å². The monoisotopic (exact) mass is 471 g/mol. The van der Waals surface area contributed by atoms with Gasteiger partial charge in [-0.3, -0.25) is 9.59 Å². The molecule has 0 bridgehead atoms. The molecule has 0 aliphatic heterocycles. The molecule has 0 fully saturated rings. The van der Waals surface area contributed by atoms with Gasteiger partial charge in [0.05, 0.1) is 22.3 Å². The fourth-order valence-electron chi connectivity index (χ4n) is 4.59. The second-order valence-corrected chi connectivity index (χ2v) is 8.52. The lowest BCUT2D eigenvalue weighted by Gasteiger charge is -2.08. The molecule has 0 saturated heterocycles. The van der Waals surface area contributed by atoms with E-state index in [1.165, 1.54) is 18.2 Å². The summed E-state index contributed by atoms with van der Waals surface area (Å²) >= 11 is 0. The minimum Gasteiger partial charge on any atom is -0.455 e. The number of nitrogens with zero attached hydrogens (tertiary/aromatic N) is 1. The highest BCUT2D eigenvalue weighted by Crippen LogP contribution is 2.35. The van der Waals surface area contributed by atoms with E-state index in [4.69, 9.17) is 4.42 Å². The van der Waals surface area contributed by atoms with Gasteiger partial charge in [0.1, 0.15) is 5.76 Å². The number of hydrogen-bond donors (Lipinski definition) is 0. The number of aryl methyl sites for hydroxylation is 1. The zero-order valence-corrected chi connectivity index (χ0v) is 18.3. The first-order chi connectivity index (χ1) is 16.7. The number of aromatic nitrogens is 1. The average molecular weight is 471 g/mol. The summed E-state index contributed by atoms with van der Waals surface area (Å²) in [6.45, 7) is 0. The maximum absolute atomic E-state index is 13.0. The van der Waals surface area contributed by atoms with E-state index in [9.17, 15) is 22.8 Å². The van der Waals surface area contributed by atoms with Crippen LogP contribution in [0.25, 0.3) is 39.2 Å². The van der Waals surface area contributed by atoms with Crippen LogP contribution in [0.1, 0.15) is 32.0 Å². The molecule has 2 aromatic heterocycles. The van der Waals surface area contributed by atoms with Crippen LogP contribution in [0.3, 0.4) is 0 Å². The third-order valence-electron chi connectivity index (χ3n) is 6.41. The molecule has 0 amide bonds. The van der Waals surface area contributed by atoms with E-state index in [-0.39, 0.29) is 17.1 Å². The molecule has 7 heteroatoms. The zero-order valence-electron chi connectivity index (χ0n) is 18.3. The quantitative estimate of drug-likeness (QED) is 0.204. The van der Waals surface area contributed by atoms with Crippen LogP contribution in [-0.4, -0.2) is 16.1 Å². The summed E-state index contributed by atoms with van der Waals surface area (Å²) in [5.74, 6) is -0.345. The van der Waals surface area contributed by atoms with Crippen molar-refractivity contribution >= 4 is 39.5 Å². The van der Waals surface area contributed by atoms with Gasteiger partial charge in [-0.2, -0.15) is 13.2 Å². The summed E-state index contributed by atoms with van der Waals surface area (Å²) in [6.07, 6.45) is -2.95. The highest BCUT2D eigenvalue weighted by molar-refractivity contribution is 6.42. The standard InChI is InChI=1S/C28H16F3NO3/c1-32-23(15-6-8-18(9-7-15)28(29,30)31)14-25-24(32)13-19(35-25)12-22-26(33)20-10-16-4-2-3-5-17(16)11-21(20)27(22)34/h2-14H,1H3. The van der Waals surface area contributed by atoms with E-state index in [1.807, 2.05) is 24.3 Å².